The second-order valence-corrected chi connectivity index (χ2v) is 6.24. The van der Waals surface area contributed by atoms with Crippen LogP contribution in [0.1, 0.15) is 42.5 Å². The van der Waals surface area contributed by atoms with Crippen LogP contribution in [-0.2, 0) is 4.74 Å². The zero-order valence-electron chi connectivity index (χ0n) is 12.3. The molecule has 0 radical (unpaired) electrons. The van der Waals surface area contributed by atoms with E-state index in [1.165, 1.54) is 19.3 Å². The van der Waals surface area contributed by atoms with E-state index in [1.807, 2.05) is 0 Å². The summed E-state index contributed by atoms with van der Waals surface area (Å²) in [7, 11) is 1.62. The van der Waals surface area contributed by atoms with E-state index in [9.17, 15) is 4.79 Å². The molecule has 116 valence electrons. The van der Waals surface area contributed by atoms with Gasteiger partial charge < -0.3 is 14.8 Å². The number of nitrogens with one attached hydrogen (secondary N) is 1. The molecule has 2 rings (SSSR count). The molecule has 1 atom stereocenters. The minimum atomic E-state index is -0.0979. The first-order chi connectivity index (χ1) is 10.2. The summed E-state index contributed by atoms with van der Waals surface area (Å²) in [5.74, 6) is 0.639. The zero-order chi connectivity index (χ0) is 15.1. The molecule has 4 nitrogen and oxygen atoms in total. The zero-order valence-corrected chi connectivity index (χ0v) is 13.9. The van der Waals surface area contributed by atoms with Crippen LogP contribution < -0.4 is 10.1 Å². The molecule has 1 aliphatic rings. The van der Waals surface area contributed by atoms with Crippen LogP contribution in [0, 0.1) is 0 Å². The monoisotopic (exact) mass is 355 g/mol. The molecule has 1 aromatic carbocycles. The van der Waals surface area contributed by atoms with Crippen molar-refractivity contribution in [2.45, 2.75) is 43.2 Å². The summed E-state index contributed by atoms with van der Waals surface area (Å²) in [6.07, 6.45) is 6.47. The first kappa shape index (κ1) is 16.3. The molecule has 5 heteroatoms. The topological polar surface area (TPSA) is 47.6 Å². The van der Waals surface area contributed by atoms with Crippen molar-refractivity contribution >= 4 is 21.8 Å². The van der Waals surface area contributed by atoms with Gasteiger partial charge in [0.25, 0.3) is 5.91 Å². The number of benzene rings is 1. The van der Waals surface area contributed by atoms with Gasteiger partial charge in [-0.3, -0.25) is 4.79 Å². The maximum atomic E-state index is 11.4. The lowest BCUT2D eigenvalue weighted by molar-refractivity contribution is -0.00211. The third kappa shape index (κ3) is 5.32. The van der Waals surface area contributed by atoms with Crippen LogP contribution in [0.3, 0.4) is 0 Å². The molecular weight excluding hydrogens is 334 g/mol. The smallest absolute Gasteiger partial charge is 0.251 e. The standard InChI is InChI=1S/C16H22BrNO3/c1-18-16(19)12-7-9-13(10-8-12)20-11-15(17)21-14-5-3-2-4-6-14/h7-10,14-15H,2-6,11H2,1H3,(H,18,19). The third-order valence-electron chi connectivity index (χ3n) is 3.62. The van der Waals surface area contributed by atoms with Gasteiger partial charge in [0.05, 0.1) is 6.10 Å². The van der Waals surface area contributed by atoms with Gasteiger partial charge in [0.2, 0.25) is 0 Å². The van der Waals surface area contributed by atoms with Crippen LogP contribution in [0.2, 0.25) is 0 Å². The Balaban J connectivity index is 1.75. The van der Waals surface area contributed by atoms with Gasteiger partial charge in [-0.15, -0.1) is 0 Å². The molecule has 1 amide bonds. The Kier molecular flexibility index (Phi) is 6.51. The molecule has 0 heterocycles. The van der Waals surface area contributed by atoms with E-state index < -0.39 is 0 Å². The van der Waals surface area contributed by atoms with Crippen LogP contribution in [-0.4, -0.2) is 30.7 Å². The highest BCUT2D eigenvalue weighted by atomic mass is 79.9. The molecule has 0 saturated heterocycles. The van der Waals surface area contributed by atoms with Crippen molar-refractivity contribution in [3.63, 3.8) is 0 Å². The van der Waals surface area contributed by atoms with Crippen molar-refractivity contribution in [3.8, 4) is 5.75 Å². The number of alkyl halides is 1. The SMILES string of the molecule is CNC(=O)c1ccc(OCC(Br)OC2CCCCC2)cc1. The average molecular weight is 356 g/mol. The molecule has 1 N–H and O–H groups in total. The van der Waals surface area contributed by atoms with Crippen molar-refractivity contribution in [1.29, 1.82) is 0 Å². The first-order valence-electron chi connectivity index (χ1n) is 7.43. The molecule has 0 aliphatic heterocycles. The summed E-state index contributed by atoms with van der Waals surface area (Å²) in [6, 6.07) is 7.09. The summed E-state index contributed by atoms with van der Waals surface area (Å²) in [5, 5.41) is 2.49. The summed E-state index contributed by atoms with van der Waals surface area (Å²) in [6.45, 7) is 0.454. The van der Waals surface area contributed by atoms with E-state index in [0.29, 0.717) is 18.3 Å². The average Bonchev–Trinajstić information content (AvgIpc) is 2.53. The Morgan fingerprint density at radius 1 is 1.29 bits per heavy atom. The van der Waals surface area contributed by atoms with Crippen molar-refractivity contribution in [2.24, 2.45) is 0 Å². The summed E-state index contributed by atoms with van der Waals surface area (Å²) >= 11 is 3.51. The van der Waals surface area contributed by atoms with Crippen molar-refractivity contribution in [2.75, 3.05) is 13.7 Å². The summed E-state index contributed by atoms with van der Waals surface area (Å²) < 4.78 is 11.6. The Hall–Kier alpha value is -1.07. The number of amides is 1. The highest BCUT2D eigenvalue weighted by Crippen LogP contribution is 2.23. The lowest BCUT2D eigenvalue weighted by Crippen LogP contribution is -2.24. The lowest BCUT2D eigenvalue weighted by atomic mass is 9.98. The Morgan fingerprint density at radius 2 is 1.95 bits per heavy atom. The van der Waals surface area contributed by atoms with Gasteiger partial charge in [0, 0.05) is 12.6 Å². The van der Waals surface area contributed by atoms with Gasteiger partial charge in [-0.05, 0) is 37.1 Å². The number of carbonyl (C=O) groups excluding carboxylic acids is 1. The van der Waals surface area contributed by atoms with E-state index in [1.54, 1.807) is 31.3 Å². The van der Waals surface area contributed by atoms with Gasteiger partial charge in [0.1, 0.15) is 17.4 Å². The van der Waals surface area contributed by atoms with Crippen LogP contribution >= 0.6 is 15.9 Å². The highest BCUT2D eigenvalue weighted by Gasteiger charge is 2.17. The molecule has 0 spiro atoms. The van der Waals surface area contributed by atoms with Crippen LogP contribution in [0.4, 0.5) is 0 Å². The van der Waals surface area contributed by atoms with Crippen LogP contribution in [0.15, 0.2) is 24.3 Å². The Labute approximate surface area is 134 Å². The largest absolute Gasteiger partial charge is 0.490 e. The molecule has 0 bridgehead atoms. The molecule has 1 saturated carbocycles. The van der Waals surface area contributed by atoms with Gasteiger partial charge >= 0.3 is 0 Å². The van der Waals surface area contributed by atoms with Crippen molar-refractivity contribution in [1.82, 2.24) is 5.32 Å². The fourth-order valence-corrected chi connectivity index (χ4v) is 2.90. The molecule has 21 heavy (non-hydrogen) atoms. The fraction of sp³-hybridized carbons (Fsp3) is 0.562. The van der Waals surface area contributed by atoms with E-state index in [4.69, 9.17) is 9.47 Å². The minimum absolute atomic E-state index is 0.0967. The van der Waals surface area contributed by atoms with E-state index >= 15 is 0 Å². The molecule has 1 unspecified atom stereocenters. The Morgan fingerprint density at radius 3 is 2.57 bits per heavy atom. The number of ether oxygens (including phenoxy) is 2. The quantitative estimate of drug-likeness (QED) is 0.794. The molecular formula is C16H22BrNO3. The molecule has 0 aromatic heterocycles. The molecule has 1 aliphatic carbocycles. The number of hydrogen-bond donors (Lipinski definition) is 1. The number of halogens is 1. The number of hydrogen-bond acceptors (Lipinski definition) is 3. The summed E-state index contributed by atoms with van der Waals surface area (Å²) in [5.41, 5.74) is 0.624. The lowest BCUT2D eigenvalue weighted by Gasteiger charge is -2.24. The first-order valence-corrected chi connectivity index (χ1v) is 8.35. The Bertz CT molecular complexity index is 443. The van der Waals surface area contributed by atoms with E-state index in [0.717, 1.165) is 18.6 Å². The maximum Gasteiger partial charge on any atom is 0.251 e. The van der Waals surface area contributed by atoms with Gasteiger partial charge in [-0.25, -0.2) is 0 Å². The normalized spacial score (nSPS) is 17.2. The van der Waals surface area contributed by atoms with Gasteiger partial charge in [-0.1, -0.05) is 35.2 Å². The van der Waals surface area contributed by atoms with E-state index in [2.05, 4.69) is 21.2 Å². The number of rotatable bonds is 6. The van der Waals surface area contributed by atoms with Crippen molar-refractivity contribution < 1.29 is 14.3 Å². The fourth-order valence-electron chi connectivity index (χ4n) is 2.46. The second kappa shape index (κ2) is 8.39. The maximum absolute atomic E-state index is 11.4. The van der Waals surface area contributed by atoms with Gasteiger partial charge in [0.15, 0.2) is 0 Å². The van der Waals surface area contributed by atoms with Gasteiger partial charge in [-0.2, -0.15) is 0 Å². The molecule has 1 aromatic rings. The van der Waals surface area contributed by atoms with E-state index in [-0.39, 0.29) is 10.9 Å². The minimum Gasteiger partial charge on any atom is -0.490 e. The van der Waals surface area contributed by atoms with Crippen molar-refractivity contribution in [3.05, 3.63) is 29.8 Å². The van der Waals surface area contributed by atoms with Crippen LogP contribution in [0.25, 0.3) is 0 Å². The summed E-state index contributed by atoms with van der Waals surface area (Å²) in [4.78, 5) is 11.4. The number of carbonyl (C=O) groups is 1. The predicted molar refractivity (Wildman–Crippen MR) is 86.0 cm³/mol. The third-order valence-corrected chi connectivity index (χ3v) is 4.10. The second-order valence-electron chi connectivity index (χ2n) is 5.22. The van der Waals surface area contributed by atoms with Crippen LogP contribution in [0.5, 0.6) is 5.75 Å². The highest BCUT2D eigenvalue weighted by molar-refractivity contribution is 9.09. The molecule has 1 fully saturated rings. The predicted octanol–water partition coefficient (Wildman–Crippen LogP) is 3.50.